The molecule has 11 atom stereocenters. The fourth-order valence-corrected chi connectivity index (χ4v) is 6.77. The van der Waals surface area contributed by atoms with Crippen LogP contribution < -0.4 is 0 Å². The third-order valence-electron chi connectivity index (χ3n) is 11.6. The number of methoxy groups -OCH3 is 2. The predicted octanol–water partition coefficient (Wildman–Crippen LogP) is 5.48. The molecule has 0 radical (unpaired) electrons. The summed E-state index contributed by atoms with van der Waals surface area (Å²) < 4.78 is 19.2. The maximum absolute atomic E-state index is 11.1. The minimum Gasteiger partial charge on any atom is -0.394 e. The maximum Gasteiger partial charge on any atom is 2.00 e. The summed E-state index contributed by atoms with van der Waals surface area (Å²) in [5, 5.41) is 68.2. The third kappa shape index (κ3) is 21.8. The molecule has 18 nitrogen and oxygen atoms in total. The molecule has 2 saturated heterocycles. The Morgan fingerprint density at radius 2 is 0.782 bits per heavy atom. The molecule has 1 aliphatic carbocycles. The summed E-state index contributed by atoms with van der Waals surface area (Å²) in [6, 6.07) is 24.9. The van der Waals surface area contributed by atoms with Crippen LogP contribution in [0.5, 0.6) is 0 Å². The average Bonchev–Trinajstić information content (AvgIpc) is 3.41. The van der Waals surface area contributed by atoms with E-state index < -0.39 is 74.3 Å². The molecule has 0 saturated carbocycles. The number of ketones is 3. The van der Waals surface area contributed by atoms with Crippen molar-refractivity contribution in [1.82, 2.24) is 19.9 Å². The van der Waals surface area contributed by atoms with Gasteiger partial charge in [0.25, 0.3) is 0 Å². The van der Waals surface area contributed by atoms with Crippen molar-refractivity contribution in [3.05, 3.63) is 147 Å². The van der Waals surface area contributed by atoms with E-state index in [4.69, 9.17) is 24.4 Å². The number of hydrogen-bond donors (Lipinski definition) is 7. The number of aliphatic hydroxyl groups excluding tert-OH is 7. The van der Waals surface area contributed by atoms with Gasteiger partial charge >= 0.3 is 40.8 Å². The van der Waals surface area contributed by atoms with Crippen molar-refractivity contribution < 1.29 is 110 Å². The van der Waals surface area contributed by atoms with Crippen LogP contribution in [0, 0.1) is 66.2 Å². The minimum absolute atomic E-state index is 0. The zero-order valence-electron chi connectivity index (χ0n) is 45.5. The molecule has 2 aromatic carbocycles. The Morgan fingerprint density at radius 3 is 1.05 bits per heavy atom. The van der Waals surface area contributed by atoms with Gasteiger partial charge in [0.05, 0.1) is 35.3 Å². The van der Waals surface area contributed by atoms with Crippen molar-refractivity contribution in [3.8, 4) is 0 Å². The van der Waals surface area contributed by atoms with E-state index in [2.05, 4.69) is 114 Å². The van der Waals surface area contributed by atoms with E-state index in [1.54, 1.807) is 0 Å². The molecule has 20 heteroatoms. The van der Waals surface area contributed by atoms with Crippen molar-refractivity contribution in [1.29, 1.82) is 0 Å². The van der Waals surface area contributed by atoms with Gasteiger partial charge < -0.3 is 93.2 Å². The Morgan fingerprint density at radius 1 is 0.500 bits per heavy atom. The van der Waals surface area contributed by atoms with Crippen LogP contribution >= 0.6 is 0 Å². The first kappa shape index (κ1) is 71.5. The molecule has 2 aliphatic heterocycles. The monoisotopic (exact) mass is 1260 g/mol. The number of aromatic nitrogens is 4. The van der Waals surface area contributed by atoms with Crippen LogP contribution in [0.15, 0.2) is 97.1 Å². The number of ether oxygens (including phenoxy) is 4. The Hall–Kier alpha value is -4.55. The van der Waals surface area contributed by atoms with Crippen molar-refractivity contribution in [2.24, 2.45) is 11.8 Å². The molecule has 8 unspecified atom stereocenters. The minimum atomic E-state index is -1.50. The summed E-state index contributed by atoms with van der Waals surface area (Å²) in [5.41, 5.74) is 8.13. The average molecular weight is 1260 g/mol. The molecule has 0 amide bonds. The van der Waals surface area contributed by atoms with Gasteiger partial charge in [-0.2, -0.15) is 13.8 Å². The van der Waals surface area contributed by atoms with E-state index in [9.17, 15) is 39.9 Å². The van der Waals surface area contributed by atoms with Gasteiger partial charge in [-0.1, -0.05) is 48.5 Å². The van der Waals surface area contributed by atoms with Crippen molar-refractivity contribution in [3.63, 3.8) is 0 Å². The van der Waals surface area contributed by atoms with E-state index >= 15 is 0 Å². The number of aliphatic hydroxyl groups is 7. The molecule has 4 aromatic heterocycles. The number of nitrogens with zero attached hydrogens (tertiary/aromatic N) is 4. The van der Waals surface area contributed by atoms with E-state index in [1.165, 1.54) is 38.5 Å². The summed E-state index contributed by atoms with van der Waals surface area (Å²) in [6.45, 7) is 22.6. The normalized spacial score (nSPS) is 22.8. The van der Waals surface area contributed by atoms with Crippen LogP contribution in [-0.2, 0) is 74.2 Å². The topological polar surface area (TPSA) is 281 Å². The van der Waals surface area contributed by atoms with Crippen LogP contribution in [0.1, 0.15) is 50.5 Å². The Kier molecular flexibility index (Phi) is 32.9. The smallest absolute Gasteiger partial charge is 0.394 e. The fourth-order valence-electron chi connectivity index (χ4n) is 6.77. The molecule has 9 rings (SSSR count). The first-order valence-electron chi connectivity index (χ1n) is 24.5. The van der Waals surface area contributed by atoms with Gasteiger partial charge in [-0.3, -0.25) is 34.3 Å². The van der Waals surface area contributed by atoms with Crippen LogP contribution in [0.25, 0.3) is 43.6 Å². The number of Topliss-reactive ketones (excluding diaryl/α,β-unsaturated/α-hetero) is 1. The number of pyridine rings is 4. The maximum atomic E-state index is 11.1. The number of hydrogen-bond acceptors (Lipinski definition) is 18. The molecule has 0 spiro atoms. The van der Waals surface area contributed by atoms with Crippen LogP contribution in [0.4, 0.5) is 0 Å². The van der Waals surface area contributed by atoms with Gasteiger partial charge in [0.15, 0.2) is 36.0 Å². The number of carbonyl (C=O) groups is 3. The van der Waals surface area contributed by atoms with Gasteiger partial charge in [0.2, 0.25) is 0 Å². The van der Waals surface area contributed by atoms with Gasteiger partial charge in [-0.05, 0) is 76.3 Å². The molecule has 2 fully saturated rings. The Bertz CT molecular complexity index is 2540. The van der Waals surface area contributed by atoms with Crippen molar-refractivity contribution >= 4 is 61.0 Å². The molecular formula is C58H74N4O14Pd2. The predicted molar refractivity (Wildman–Crippen MR) is 291 cm³/mol. The molecule has 0 bridgehead atoms. The summed E-state index contributed by atoms with van der Waals surface area (Å²) >= 11 is 0. The SMILES string of the molecule is COC1OC(CO)[C@@H](O)C(=O)C1O.COC1OC(CO)[C@@H](O)[C@H](O)C1O.Cc1ccc2ccc3ccc(C)nc3c2n1.Cc1ccc2ccc3ccc(C)nc3c2n1.O=C1C=CC(=O)C=C1.[CH2-]C(C)[CH-]C.[CH2-]C(C)[CH-]C.[Pd+2].[Pd+2]. The molecule has 78 heavy (non-hydrogen) atoms. The largest absolute Gasteiger partial charge is 2.00 e. The molecule has 430 valence electrons. The number of allylic oxidation sites excluding steroid dienone is 4. The molecule has 6 heterocycles. The van der Waals surface area contributed by atoms with E-state index in [0.717, 1.165) is 66.4 Å². The molecule has 7 N–H and O–H groups in total. The first-order chi connectivity index (χ1) is 36.0. The quantitative estimate of drug-likeness (QED) is 0.0470. The van der Waals surface area contributed by atoms with E-state index in [0.29, 0.717) is 11.8 Å². The summed E-state index contributed by atoms with van der Waals surface area (Å²) in [6.07, 6.45) is -1.93. The standard InChI is InChI=1S/2C14H12N2.C7H14O6.C7H12O6.C6H4O2.2C5H10.2Pd/c2*1-9-3-5-11-7-8-12-6-4-10(2)16-14(12)13(11)15-9;2*1-12-7-6(11)5(10)4(9)3(2-8)13-7;7-5-1-2-6(8)4-3-5;2*1-4-5(2)3;;/h2*3-8H,1-2H3;3-11H,2H2,1H3;3-4,6-9,11H,2H2,1H3;1-4H;2*4-5H,2H2,1,3H3;;/q;;;;;2*-2;2*+2/t;;3?,4-,5+,6?,7?;3?,4-,6?,7?;;;;;/m..11...../s1. The number of aryl methyl sites for hydroxylation is 4. The van der Waals surface area contributed by atoms with E-state index in [1.807, 2.05) is 65.8 Å². The van der Waals surface area contributed by atoms with Crippen molar-refractivity contribution in [2.45, 2.75) is 111 Å². The fraction of sp³-hybridized carbons (Fsp3) is 0.397. The second kappa shape index (κ2) is 35.9. The van der Waals surface area contributed by atoms with Crippen LogP contribution in [-0.4, -0.2) is 156 Å². The summed E-state index contributed by atoms with van der Waals surface area (Å²) in [7, 11) is 2.56. The van der Waals surface area contributed by atoms with Crippen LogP contribution in [0.2, 0.25) is 0 Å². The summed E-state index contributed by atoms with van der Waals surface area (Å²) in [4.78, 5) is 50.0. The Labute approximate surface area is 484 Å². The number of benzene rings is 2. The zero-order valence-corrected chi connectivity index (χ0v) is 48.6. The number of rotatable bonds is 6. The number of fused-ring (bicyclic) bond motifs is 6. The van der Waals surface area contributed by atoms with Gasteiger partial charge in [0.1, 0.15) is 36.6 Å². The first-order valence-corrected chi connectivity index (χ1v) is 24.5. The third-order valence-corrected chi connectivity index (χ3v) is 11.6. The summed E-state index contributed by atoms with van der Waals surface area (Å²) in [5.74, 6) is -0.0173. The van der Waals surface area contributed by atoms with Gasteiger partial charge in [-0.15, -0.1) is 13.8 Å². The Balaban J connectivity index is 0.000000470. The van der Waals surface area contributed by atoms with Gasteiger partial charge in [-0.25, -0.2) is 0 Å². The second-order valence-corrected chi connectivity index (χ2v) is 18.0. The van der Waals surface area contributed by atoms with Crippen LogP contribution in [0.3, 0.4) is 0 Å². The zero-order chi connectivity index (χ0) is 56.8. The van der Waals surface area contributed by atoms with Crippen molar-refractivity contribution in [2.75, 3.05) is 27.4 Å². The van der Waals surface area contributed by atoms with Gasteiger partial charge in [0, 0.05) is 58.5 Å². The second-order valence-electron chi connectivity index (χ2n) is 18.0. The molecule has 3 aliphatic rings. The molecule has 6 aromatic rings. The number of carbonyl (C=O) groups excluding carboxylic acids is 3. The molecular weight excluding hydrogens is 1190 g/mol. The van der Waals surface area contributed by atoms with E-state index in [-0.39, 0.29) is 52.4 Å².